The minimum atomic E-state index is -3.54. The van der Waals surface area contributed by atoms with Crippen LogP contribution in [0, 0.1) is 0 Å². The number of imidazole rings is 1. The van der Waals surface area contributed by atoms with E-state index in [9.17, 15) is 13.2 Å². The van der Waals surface area contributed by atoms with E-state index in [0.29, 0.717) is 18.7 Å². The maximum atomic E-state index is 12.2. The van der Waals surface area contributed by atoms with E-state index in [1.165, 1.54) is 24.3 Å². The van der Waals surface area contributed by atoms with E-state index >= 15 is 0 Å². The van der Waals surface area contributed by atoms with E-state index in [1.807, 2.05) is 24.6 Å². The lowest BCUT2D eigenvalue weighted by molar-refractivity contribution is -0.123. The summed E-state index contributed by atoms with van der Waals surface area (Å²) in [5.74, 6) is 0.210. The molecule has 9 heteroatoms. The predicted octanol–water partition coefficient (Wildman–Crippen LogP) is 1.55. The fraction of sp³-hybridized carbons (Fsp3) is 0.444. The van der Waals surface area contributed by atoms with Gasteiger partial charge in [0.15, 0.2) is 6.61 Å². The molecular formula is C18H26N4O4S. The van der Waals surface area contributed by atoms with Crippen LogP contribution in [0.5, 0.6) is 5.75 Å². The first-order chi connectivity index (χ1) is 12.9. The van der Waals surface area contributed by atoms with Crippen LogP contribution < -0.4 is 14.8 Å². The Morgan fingerprint density at radius 2 is 2.04 bits per heavy atom. The second-order valence-corrected chi connectivity index (χ2v) is 7.91. The Kier molecular flexibility index (Phi) is 7.81. The number of hydrogen-bond acceptors (Lipinski definition) is 5. The number of aromatic nitrogens is 2. The molecular weight excluding hydrogens is 368 g/mol. The summed E-state index contributed by atoms with van der Waals surface area (Å²) < 4.78 is 34.3. The summed E-state index contributed by atoms with van der Waals surface area (Å²) in [7, 11) is -3.54. The molecule has 148 valence electrons. The second kappa shape index (κ2) is 10.1. The summed E-state index contributed by atoms with van der Waals surface area (Å²) in [5, 5.41) is 2.78. The molecule has 0 bridgehead atoms. The van der Waals surface area contributed by atoms with Crippen LogP contribution in [-0.2, 0) is 21.4 Å². The number of rotatable bonds is 11. The summed E-state index contributed by atoms with van der Waals surface area (Å²) in [6.45, 7) is 4.92. The highest BCUT2D eigenvalue weighted by molar-refractivity contribution is 7.89. The minimum absolute atomic E-state index is 0.123. The van der Waals surface area contributed by atoms with Crippen LogP contribution in [-0.4, -0.2) is 43.1 Å². The van der Waals surface area contributed by atoms with Gasteiger partial charge in [-0.2, -0.15) is 0 Å². The molecule has 1 aromatic heterocycles. The van der Waals surface area contributed by atoms with Gasteiger partial charge in [-0.3, -0.25) is 4.79 Å². The number of amides is 1. The molecule has 8 nitrogen and oxygen atoms in total. The van der Waals surface area contributed by atoms with Crippen LogP contribution in [0.3, 0.4) is 0 Å². The Balaban J connectivity index is 1.73. The summed E-state index contributed by atoms with van der Waals surface area (Å²) in [4.78, 5) is 15.9. The van der Waals surface area contributed by atoms with Gasteiger partial charge in [-0.1, -0.05) is 6.92 Å². The number of hydrogen-bond donors (Lipinski definition) is 2. The molecule has 0 fully saturated rings. The third-order valence-electron chi connectivity index (χ3n) is 3.95. The Hall–Kier alpha value is -2.39. The van der Waals surface area contributed by atoms with Gasteiger partial charge in [0, 0.05) is 31.5 Å². The number of aryl methyl sites for hydroxylation is 1. The van der Waals surface area contributed by atoms with E-state index < -0.39 is 10.0 Å². The first-order valence-corrected chi connectivity index (χ1v) is 10.4. The molecule has 0 spiro atoms. The van der Waals surface area contributed by atoms with Crippen molar-refractivity contribution in [3.63, 3.8) is 0 Å². The molecule has 0 unspecified atom stereocenters. The zero-order chi connectivity index (χ0) is 19.7. The first-order valence-electron chi connectivity index (χ1n) is 8.88. The normalized spacial score (nSPS) is 12.5. The van der Waals surface area contributed by atoms with Gasteiger partial charge in [-0.15, -0.1) is 0 Å². The van der Waals surface area contributed by atoms with Crippen LogP contribution in [0.15, 0.2) is 47.9 Å². The van der Waals surface area contributed by atoms with Gasteiger partial charge in [0.2, 0.25) is 10.0 Å². The van der Waals surface area contributed by atoms with Crippen LogP contribution in [0.1, 0.15) is 26.7 Å². The quantitative estimate of drug-likeness (QED) is 0.563. The fourth-order valence-electron chi connectivity index (χ4n) is 2.24. The first kappa shape index (κ1) is 20.9. The van der Waals surface area contributed by atoms with E-state index in [0.717, 1.165) is 13.0 Å². The van der Waals surface area contributed by atoms with Crippen LogP contribution in [0.25, 0.3) is 0 Å². The molecule has 0 aliphatic heterocycles. The summed E-state index contributed by atoms with van der Waals surface area (Å²) in [5.41, 5.74) is 0. The molecule has 1 amide bonds. The summed E-state index contributed by atoms with van der Waals surface area (Å²) in [6.07, 6.45) is 6.81. The average molecular weight is 394 g/mol. The maximum absolute atomic E-state index is 12.2. The van der Waals surface area contributed by atoms with Gasteiger partial charge in [0.1, 0.15) is 5.75 Å². The zero-order valence-corrected chi connectivity index (χ0v) is 16.4. The SMILES string of the molecule is CC[C@H](C)NS(=O)(=O)c1ccc(OCC(=O)NCCCn2ccnc2)cc1. The summed E-state index contributed by atoms with van der Waals surface area (Å²) >= 11 is 0. The van der Waals surface area contributed by atoms with Gasteiger partial charge in [-0.25, -0.2) is 18.1 Å². The van der Waals surface area contributed by atoms with Gasteiger partial charge in [0.25, 0.3) is 5.91 Å². The molecule has 2 N–H and O–H groups in total. The van der Waals surface area contributed by atoms with Gasteiger partial charge in [0.05, 0.1) is 11.2 Å². The molecule has 1 heterocycles. The minimum Gasteiger partial charge on any atom is -0.484 e. The van der Waals surface area contributed by atoms with Crippen molar-refractivity contribution in [1.29, 1.82) is 0 Å². The largest absolute Gasteiger partial charge is 0.484 e. The van der Waals surface area contributed by atoms with Crippen LogP contribution >= 0.6 is 0 Å². The number of ether oxygens (including phenoxy) is 1. The highest BCUT2D eigenvalue weighted by Crippen LogP contribution is 2.16. The Morgan fingerprint density at radius 1 is 1.30 bits per heavy atom. The molecule has 0 saturated carbocycles. The van der Waals surface area contributed by atoms with Gasteiger partial charge in [-0.05, 0) is 44.0 Å². The van der Waals surface area contributed by atoms with Crippen molar-refractivity contribution in [3.05, 3.63) is 43.0 Å². The highest BCUT2D eigenvalue weighted by Gasteiger charge is 2.16. The van der Waals surface area contributed by atoms with E-state index in [1.54, 1.807) is 12.5 Å². The Labute approximate surface area is 160 Å². The molecule has 0 aliphatic rings. The smallest absolute Gasteiger partial charge is 0.257 e. The van der Waals surface area contributed by atoms with Crippen LogP contribution in [0.4, 0.5) is 0 Å². The van der Waals surface area contributed by atoms with Crippen molar-refractivity contribution < 1.29 is 17.9 Å². The topological polar surface area (TPSA) is 102 Å². The van der Waals surface area contributed by atoms with Gasteiger partial charge >= 0.3 is 0 Å². The van der Waals surface area contributed by atoms with E-state index in [2.05, 4.69) is 15.0 Å². The third-order valence-corrected chi connectivity index (χ3v) is 5.55. The molecule has 0 saturated heterocycles. The molecule has 1 aromatic carbocycles. The molecule has 0 aliphatic carbocycles. The lowest BCUT2D eigenvalue weighted by Crippen LogP contribution is -2.32. The van der Waals surface area contributed by atoms with E-state index in [-0.39, 0.29) is 23.5 Å². The van der Waals surface area contributed by atoms with Crippen molar-refractivity contribution in [2.24, 2.45) is 0 Å². The van der Waals surface area contributed by atoms with Crippen molar-refractivity contribution in [3.8, 4) is 5.75 Å². The number of carbonyl (C=O) groups excluding carboxylic acids is 1. The monoisotopic (exact) mass is 394 g/mol. The van der Waals surface area contributed by atoms with E-state index in [4.69, 9.17) is 4.74 Å². The lowest BCUT2D eigenvalue weighted by atomic mass is 10.3. The van der Waals surface area contributed by atoms with Crippen LogP contribution in [0.2, 0.25) is 0 Å². The maximum Gasteiger partial charge on any atom is 0.257 e. The zero-order valence-electron chi connectivity index (χ0n) is 15.6. The second-order valence-electron chi connectivity index (χ2n) is 6.19. The predicted molar refractivity (Wildman–Crippen MR) is 102 cm³/mol. The average Bonchev–Trinajstić information content (AvgIpc) is 3.17. The number of carbonyl (C=O) groups is 1. The number of nitrogens with one attached hydrogen (secondary N) is 2. The molecule has 2 aromatic rings. The van der Waals surface area contributed by atoms with Gasteiger partial charge < -0.3 is 14.6 Å². The molecule has 0 radical (unpaired) electrons. The lowest BCUT2D eigenvalue weighted by Gasteiger charge is -2.12. The van der Waals surface area contributed by atoms with Crippen molar-refractivity contribution in [2.75, 3.05) is 13.2 Å². The van der Waals surface area contributed by atoms with Crippen molar-refractivity contribution in [1.82, 2.24) is 19.6 Å². The fourth-order valence-corrected chi connectivity index (χ4v) is 3.57. The summed E-state index contributed by atoms with van der Waals surface area (Å²) in [6, 6.07) is 5.87. The Bertz CT molecular complexity index is 804. The molecule has 2 rings (SSSR count). The number of sulfonamides is 1. The molecule has 27 heavy (non-hydrogen) atoms. The standard InChI is InChI=1S/C18H26N4O4S/c1-3-15(2)21-27(24,25)17-7-5-16(6-8-17)26-13-18(23)20-9-4-11-22-12-10-19-14-22/h5-8,10,12,14-15,21H,3-4,9,11,13H2,1-2H3,(H,20,23)/t15-/m0/s1. The Morgan fingerprint density at radius 3 is 2.67 bits per heavy atom. The van der Waals surface area contributed by atoms with Crippen molar-refractivity contribution >= 4 is 15.9 Å². The number of nitrogens with zero attached hydrogens (tertiary/aromatic N) is 2. The number of benzene rings is 1. The van der Waals surface area contributed by atoms with Crippen molar-refractivity contribution in [2.45, 2.75) is 44.2 Å². The third kappa shape index (κ3) is 7.03. The highest BCUT2D eigenvalue weighted by atomic mass is 32.2. The molecule has 1 atom stereocenters.